The van der Waals surface area contributed by atoms with E-state index in [0.717, 1.165) is 80.3 Å². The molecule has 4 heterocycles. The van der Waals surface area contributed by atoms with Gasteiger partial charge in [-0.25, -0.2) is 0 Å². The molecule has 4 aliphatic heterocycles. The molecule has 0 bridgehead atoms. The van der Waals surface area contributed by atoms with Gasteiger partial charge in [-0.15, -0.1) is 0 Å². The molecule has 3 N–H and O–H groups in total. The highest BCUT2D eigenvalue weighted by Crippen LogP contribution is 2.47. The Kier molecular flexibility index (Phi) is 23.0. The van der Waals surface area contributed by atoms with Gasteiger partial charge in [0.05, 0.1) is 39.6 Å². The van der Waals surface area contributed by atoms with Crippen LogP contribution in [-0.2, 0) is 28.4 Å². The van der Waals surface area contributed by atoms with Crippen molar-refractivity contribution in [2.45, 2.75) is 93.5 Å². The van der Waals surface area contributed by atoms with Crippen molar-refractivity contribution in [3.8, 4) is 46.0 Å². The molecule has 12 rings (SSSR count). The average Bonchev–Trinajstić information content (AvgIpc) is 1.67. The summed E-state index contributed by atoms with van der Waals surface area (Å²) < 4.78 is 81.8. The summed E-state index contributed by atoms with van der Waals surface area (Å²) in [5.74, 6) is 4.59. The number of epoxide rings is 2. The lowest BCUT2D eigenvalue weighted by Crippen LogP contribution is -2.32. The second kappa shape index (κ2) is 32.8. The Hall–Kier alpha value is -8.20. The van der Waals surface area contributed by atoms with Crippen molar-refractivity contribution < 1.29 is 81.6 Å². The number of aliphatic hydroxyl groups excluding tert-OH is 3. The molecular formula is C77H84O17. The van der Waals surface area contributed by atoms with Gasteiger partial charge >= 0.3 is 0 Å². The van der Waals surface area contributed by atoms with Gasteiger partial charge in [-0.2, -0.15) is 0 Å². The largest absolute Gasteiger partial charge is 0.491 e. The van der Waals surface area contributed by atoms with Crippen molar-refractivity contribution in [1.29, 1.82) is 0 Å². The zero-order valence-electron chi connectivity index (χ0n) is 53.2. The molecule has 0 amide bonds. The zero-order chi connectivity index (χ0) is 64.4. The minimum absolute atomic E-state index is 0.0174. The van der Waals surface area contributed by atoms with Crippen LogP contribution in [0.15, 0.2) is 194 Å². The smallest absolute Gasteiger partial charge is 0.202 e. The van der Waals surface area contributed by atoms with Crippen molar-refractivity contribution in [3.63, 3.8) is 0 Å². The van der Waals surface area contributed by atoms with Gasteiger partial charge in [0.25, 0.3) is 0 Å². The Labute approximate surface area is 549 Å². The topological polar surface area (TPSA) is 197 Å². The van der Waals surface area contributed by atoms with E-state index >= 15 is 0 Å². The fraction of sp³-hybridized carbons (Fsp3) is 0.377. The monoisotopic (exact) mass is 1280 g/mol. The molecule has 0 aliphatic carbocycles. The number of benzene rings is 8. The third-order valence-corrected chi connectivity index (χ3v) is 16.9. The molecule has 4 aliphatic rings. The lowest BCUT2D eigenvalue weighted by Gasteiger charge is -2.30. The van der Waals surface area contributed by atoms with Gasteiger partial charge in [-0.1, -0.05) is 97.1 Å². The highest BCUT2D eigenvalue weighted by Gasteiger charge is 2.33. The molecule has 0 radical (unpaired) electrons. The lowest BCUT2D eigenvalue weighted by molar-refractivity contribution is -0.165. The first kappa shape index (κ1) is 65.8. The van der Waals surface area contributed by atoms with E-state index in [0.29, 0.717) is 75.9 Å². The standard InChI is InChI=1S/C77H84O17/c1-3-81-41-59(78)43-85-62-21-5-51(6-22-62)74(76(55-13-29-66(30-14-55)89-47-70-49-91-70)57-17-33-68(34-18-57)93-72-37-39-83-72)53-9-25-64(26-10-53)87-45-61(80)46-88-65-27-11-54(12-28-65)75(52-7-23-63(24-8-52)86-44-60(79)42-82-4-2)77(56-15-31-67(32-16-56)90-48-71-50-92-71)58-19-35-69(36-20-58)94-73-38-40-84-73/h5-36,59-61,70-80H,3-4,37-50H2,1-2H3. The third kappa shape index (κ3) is 18.6. The maximum Gasteiger partial charge on any atom is 0.202 e. The highest BCUT2D eigenvalue weighted by atomic mass is 16.7. The van der Waals surface area contributed by atoms with Gasteiger partial charge in [0.15, 0.2) is 0 Å². The number of aliphatic hydroxyl groups is 3. The van der Waals surface area contributed by atoms with Gasteiger partial charge in [0, 0.05) is 49.7 Å². The molecule has 0 saturated carbocycles. The van der Waals surface area contributed by atoms with E-state index < -0.39 is 18.3 Å². The van der Waals surface area contributed by atoms with Crippen molar-refractivity contribution in [2.24, 2.45) is 0 Å². The van der Waals surface area contributed by atoms with E-state index in [1.165, 1.54) is 0 Å². The molecule has 17 nitrogen and oxygen atoms in total. The van der Waals surface area contributed by atoms with Crippen molar-refractivity contribution in [2.75, 3.05) is 92.5 Å². The summed E-state index contributed by atoms with van der Waals surface area (Å²) in [5.41, 5.74) is 8.38. The molecule has 8 aromatic rings. The van der Waals surface area contributed by atoms with Crippen molar-refractivity contribution in [1.82, 2.24) is 0 Å². The fourth-order valence-corrected chi connectivity index (χ4v) is 11.5. The van der Waals surface area contributed by atoms with Gasteiger partial charge in [0.2, 0.25) is 12.6 Å². The van der Waals surface area contributed by atoms with Crippen LogP contribution in [0.1, 0.15) is 94.9 Å². The van der Waals surface area contributed by atoms with E-state index in [-0.39, 0.29) is 88.1 Å². The molecule has 494 valence electrons. The van der Waals surface area contributed by atoms with E-state index in [2.05, 4.69) is 97.1 Å². The second-order valence-electron chi connectivity index (χ2n) is 23.9. The SMILES string of the molecule is CCOCC(O)COc1ccc(C(c2ccc(OCC(O)COc3ccc(C(c4ccc(OCC(O)COCC)cc4)C(c4ccc(OCC5CO5)cc4)c4ccc(OC5CCO5)cc4)cc3)cc2)C(c2ccc(OCC3CO3)cc2)c2ccc(OC3CCO3)cc2)cc1. The third-order valence-electron chi connectivity index (χ3n) is 16.9. The van der Waals surface area contributed by atoms with Crippen LogP contribution in [0.2, 0.25) is 0 Å². The minimum atomic E-state index is -0.964. The van der Waals surface area contributed by atoms with Crippen LogP contribution in [0.5, 0.6) is 46.0 Å². The van der Waals surface area contributed by atoms with Crippen LogP contribution in [0.25, 0.3) is 0 Å². The molecule has 10 unspecified atom stereocenters. The Morgan fingerprint density at radius 1 is 0.309 bits per heavy atom. The summed E-state index contributed by atoms with van der Waals surface area (Å²) in [6.07, 6.45) is -1.04. The maximum absolute atomic E-state index is 11.4. The Morgan fingerprint density at radius 2 is 0.521 bits per heavy atom. The average molecular weight is 1280 g/mol. The van der Waals surface area contributed by atoms with E-state index in [4.69, 9.17) is 66.3 Å². The Bertz CT molecular complexity index is 3280. The molecule has 4 saturated heterocycles. The van der Waals surface area contributed by atoms with Crippen LogP contribution in [0.3, 0.4) is 0 Å². The van der Waals surface area contributed by atoms with Gasteiger partial charge in [0.1, 0.15) is 116 Å². The Morgan fingerprint density at radius 3 is 0.723 bits per heavy atom. The van der Waals surface area contributed by atoms with E-state index in [9.17, 15) is 15.3 Å². The van der Waals surface area contributed by atoms with Gasteiger partial charge in [-0.05, 0) is 155 Å². The molecule has 4 fully saturated rings. The molecule has 10 atom stereocenters. The predicted molar refractivity (Wildman–Crippen MR) is 352 cm³/mol. The van der Waals surface area contributed by atoms with Crippen LogP contribution in [0.4, 0.5) is 0 Å². The maximum atomic E-state index is 11.4. The second-order valence-corrected chi connectivity index (χ2v) is 23.9. The number of hydrogen-bond acceptors (Lipinski definition) is 17. The van der Waals surface area contributed by atoms with Crippen LogP contribution < -0.4 is 37.9 Å². The van der Waals surface area contributed by atoms with Gasteiger partial charge in [-0.3, -0.25) is 0 Å². The molecular weight excluding hydrogens is 1200 g/mol. The lowest BCUT2D eigenvalue weighted by atomic mass is 9.73. The minimum Gasteiger partial charge on any atom is -0.491 e. The molecule has 94 heavy (non-hydrogen) atoms. The normalized spacial score (nSPS) is 19.3. The highest BCUT2D eigenvalue weighted by molar-refractivity contribution is 5.51. The summed E-state index contributed by atoms with van der Waals surface area (Å²) in [5, 5.41) is 32.4. The van der Waals surface area contributed by atoms with Crippen molar-refractivity contribution in [3.05, 3.63) is 239 Å². The Balaban J connectivity index is 0.761. The summed E-state index contributed by atoms with van der Waals surface area (Å²) >= 11 is 0. The van der Waals surface area contributed by atoms with Crippen molar-refractivity contribution >= 4 is 0 Å². The molecule has 0 spiro atoms. The number of rotatable bonds is 38. The first-order valence-corrected chi connectivity index (χ1v) is 32.7. The fourth-order valence-electron chi connectivity index (χ4n) is 11.5. The van der Waals surface area contributed by atoms with Crippen LogP contribution in [-0.4, -0.2) is 151 Å². The zero-order valence-corrected chi connectivity index (χ0v) is 53.2. The van der Waals surface area contributed by atoms with E-state index in [1.54, 1.807) is 0 Å². The quantitative estimate of drug-likeness (QED) is 0.0309. The number of hydrogen-bond donors (Lipinski definition) is 3. The number of ether oxygens (including phenoxy) is 14. The van der Waals surface area contributed by atoms with Gasteiger partial charge < -0.3 is 81.6 Å². The first-order chi connectivity index (χ1) is 46.2. The summed E-state index contributed by atoms with van der Waals surface area (Å²) in [6, 6.07) is 65.1. The van der Waals surface area contributed by atoms with E-state index in [1.807, 2.05) is 111 Å². The van der Waals surface area contributed by atoms with Crippen LogP contribution >= 0.6 is 0 Å². The molecule has 0 aromatic heterocycles. The summed E-state index contributed by atoms with van der Waals surface area (Å²) in [6.45, 7) is 9.13. The summed E-state index contributed by atoms with van der Waals surface area (Å²) in [7, 11) is 0. The summed E-state index contributed by atoms with van der Waals surface area (Å²) in [4.78, 5) is 0. The predicted octanol–water partition coefficient (Wildman–Crippen LogP) is 11.8. The first-order valence-electron chi connectivity index (χ1n) is 32.7. The molecule has 8 aromatic carbocycles. The molecule has 17 heteroatoms. The van der Waals surface area contributed by atoms with Crippen LogP contribution in [0, 0.1) is 0 Å².